The molecule has 0 amide bonds. The smallest absolute Gasteiger partial charge is 0.340 e. The van der Waals surface area contributed by atoms with Crippen LogP contribution in [0.15, 0.2) is 24.4 Å². The van der Waals surface area contributed by atoms with Crippen molar-refractivity contribution in [1.29, 1.82) is 0 Å². The van der Waals surface area contributed by atoms with E-state index in [0.717, 1.165) is 0 Å². The fourth-order valence-corrected chi connectivity index (χ4v) is 1.68. The number of hydrogen-bond acceptors (Lipinski definition) is 5. The molecule has 0 saturated heterocycles. The third-order valence-electron chi connectivity index (χ3n) is 2.40. The van der Waals surface area contributed by atoms with Gasteiger partial charge in [-0.25, -0.2) is 4.98 Å². The van der Waals surface area contributed by atoms with E-state index in [1.54, 1.807) is 18.2 Å². The molecule has 0 aliphatic heterocycles. The zero-order valence-electron chi connectivity index (χ0n) is 9.34. The molecular formula is C11H10N2O4. The molecule has 17 heavy (non-hydrogen) atoms. The summed E-state index contributed by atoms with van der Waals surface area (Å²) in [6.45, 7) is 0. The number of ether oxygens (including phenoxy) is 2. The quantitative estimate of drug-likeness (QED) is 0.600. The Kier molecular flexibility index (Phi) is 2.78. The Morgan fingerprint density at radius 1 is 1.35 bits per heavy atom. The molecule has 2 aromatic rings. The molecule has 0 N–H and O–H groups in total. The first-order valence-electron chi connectivity index (χ1n) is 4.83. The van der Waals surface area contributed by atoms with Crippen molar-refractivity contribution in [3.05, 3.63) is 34.5 Å². The van der Waals surface area contributed by atoms with Crippen molar-refractivity contribution in [2.75, 3.05) is 14.2 Å². The van der Waals surface area contributed by atoms with E-state index >= 15 is 0 Å². The topological polar surface area (TPSA) is 74.5 Å². The number of rotatable bonds is 3. The molecule has 0 radical (unpaired) electrons. The molecule has 0 aliphatic rings. The molecule has 0 saturated carbocycles. The molecule has 88 valence electrons. The normalized spacial score (nSPS) is 10.2. The average molecular weight is 234 g/mol. The number of nitro groups is 1. The van der Waals surface area contributed by atoms with Crippen LogP contribution in [0, 0.1) is 10.1 Å². The third kappa shape index (κ3) is 1.73. The van der Waals surface area contributed by atoms with Crippen LogP contribution in [0.5, 0.6) is 11.5 Å². The maximum Gasteiger partial charge on any atom is 0.340 e. The van der Waals surface area contributed by atoms with Crippen molar-refractivity contribution in [3.63, 3.8) is 0 Å². The van der Waals surface area contributed by atoms with Gasteiger partial charge in [0, 0.05) is 11.6 Å². The zero-order chi connectivity index (χ0) is 12.4. The van der Waals surface area contributed by atoms with Gasteiger partial charge in [-0.05, 0) is 12.1 Å². The summed E-state index contributed by atoms with van der Waals surface area (Å²) in [5.41, 5.74) is 0.109. The number of benzene rings is 1. The lowest BCUT2D eigenvalue weighted by Crippen LogP contribution is -1.99. The average Bonchev–Trinajstić information content (AvgIpc) is 2.35. The monoisotopic (exact) mass is 234 g/mol. The molecule has 6 nitrogen and oxygen atoms in total. The first kappa shape index (κ1) is 11.1. The van der Waals surface area contributed by atoms with Crippen LogP contribution >= 0.6 is 0 Å². The Labute approximate surface area is 96.9 Å². The van der Waals surface area contributed by atoms with Crippen molar-refractivity contribution in [3.8, 4) is 11.5 Å². The number of fused-ring (bicyclic) bond motifs is 1. The van der Waals surface area contributed by atoms with Gasteiger partial charge in [-0.3, -0.25) is 10.1 Å². The van der Waals surface area contributed by atoms with E-state index in [-0.39, 0.29) is 17.0 Å². The Morgan fingerprint density at radius 3 is 2.71 bits per heavy atom. The van der Waals surface area contributed by atoms with Crippen molar-refractivity contribution in [1.82, 2.24) is 4.98 Å². The Bertz CT molecular complexity index is 583. The molecule has 0 atom stereocenters. The predicted molar refractivity (Wildman–Crippen MR) is 61.5 cm³/mol. The second kappa shape index (κ2) is 4.25. The van der Waals surface area contributed by atoms with Gasteiger partial charge in [-0.15, -0.1) is 0 Å². The first-order chi connectivity index (χ1) is 8.19. The highest BCUT2D eigenvalue weighted by atomic mass is 16.6. The van der Waals surface area contributed by atoms with E-state index in [4.69, 9.17) is 9.47 Å². The Hall–Kier alpha value is -2.37. The summed E-state index contributed by atoms with van der Waals surface area (Å²) in [6.07, 6.45) is 1.50. The Morgan fingerprint density at radius 2 is 2.12 bits per heavy atom. The number of aromatic nitrogens is 1. The maximum atomic E-state index is 11.1. The highest BCUT2D eigenvalue weighted by Crippen LogP contribution is 2.41. The standard InChI is InChI=1S/C11H10N2O4/c1-16-8-6-7-4-3-5-12-9(7)10(13(14)15)11(8)17-2/h3-6H,1-2H3. The minimum Gasteiger partial charge on any atom is -0.493 e. The van der Waals surface area contributed by atoms with Crippen molar-refractivity contribution in [2.24, 2.45) is 0 Å². The predicted octanol–water partition coefficient (Wildman–Crippen LogP) is 2.16. The fourth-order valence-electron chi connectivity index (χ4n) is 1.68. The summed E-state index contributed by atoms with van der Waals surface area (Å²) in [7, 11) is 2.80. The van der Waals surface area contributed by atoms with Crippen LogP contribution < -0.4 is 9.47 Å². The number of nitrogens with zero attached hydrogens (tertiary/aromatic N) is 2. The second-order valence-corrected chi connectivity index (χ2v) is 3.29. The fraction of sp³-hybridized carbons (Fsp3) is 0.182. The first-order valence-corrected chi connectivity index (χ1v) is 4.83. The zero-order valence-corrected chi connectivity index (χ0v) is 9.34. The minimum atomic E-state index is -0.517. The summed E-state index contributed by atoms with van der Waals surface area (Å²) >= 11 is 0. The molecule has 1 heterocycles. The molecule has 0 fully saturated rings. The van der Waals surface area contributed by atoms with Gasteiger partial charge in [-0.1, -0.05) is 6.07 Å². The summed E-state index contributed by atoms with van der Waals surface area (Å²) < 4.78 is 10.1. The van der Waals surface area contributed by atoms with Gasteiger partial charge in [0.1, 0.15) is 0 Å². The molecule has 0 aliphatic carbocycles. The van der Waals surface area contributed by atoms with E-state index in [2.05, 4.69) is 4.98 Å². The lowest BCUT2D eigenvalue weighted by atomic mass is 10.1. The largest absolute Gasteiger partial charge is 0.493 e. The van der Waals surface area contributed by atoms with E-state index in [0.29, 0.717) is 11.1 Å². The van der Waals surface area contributed by atoms with E-state index in [9.17, 15) is 10.1 Å². The summed E-state index contributed by atoms with van der Waals surface area (Å²) in [4.78, 5) is 14.6. The van der Waals surface area contributed by atoms with Crippen LogP contribution in [0.1, 0.15) is 0 Å². The molecule has 1 aromatic heterocycles. The number of nitro benzene ring substituents is 1. The molecule has 1 aromatic carbocycles. The highest BCUT2D eigenvalue weighted by Gasteiger charge is 2.25. The van der Waals surface area contributed by atoms with E-state index in [1.807, 2.05) is 0 Å². The molecule has 0 bridgehead atoms. The van der Waals surface area contributed by atoms with Gasteiger partial charge in [-0.2, -0.15) is 0 Å². The lowest BCUT2D eigenvalue weighted by molar-refractivity contribution is -0.384. The highest BCUT2D eigenvalue weighted by molar-refractivity contribution is 5.92. The summed E-state index contributed by atoms with van der Waals surface area (Å²) in [6, 6.07) is 5.10. The van der Waals surface area contributed by atoms with Crippen LogP contribution in [0.2, 0.25) is 0 Å². The van der Waals surface area contributed by atoms with Gasteiger partial charge < -0.3 is 9.47 Å². The summed E-state index contributed by atoms with van der Waals surface area (Å²) in [5.74, 6) is 0.406. The number of methoxy groups -OCH3 is 2. The molecular weight excluding hydrogens is 224 g/mol. The minimum absolute atomic E-state index is 0.0868. The van der Waals surface area contributed by atoms with Gasteiger partial charge in [0.25, 0.3) is 0 Å². The lowest BCUT2D eigenvalue weighted by Gasteiger charge is -2.09. The maximum absolute atomic E-state index is 11.1. The molecule has 6 heteroatoms. The van der Waals surface area contributed by atoms with Gasteiger partial charge in [0.05, 0.1) is 19.1 Å². The second-order valence-electron chi connectivity index (χ2n) is 3.29. The summed E-state index contributed by atoms with van der Waals surface area (Å²) in [5, 5.41) is 11.7. The van der Waals surface area contributed by atoms with E-state index < -0.39 is 4.92 Å². The SMILES string of the molecule is COc1cc2cccnc2c([N+](=O)[O-])c1OC. The van der Waals surface area contributed by atoms with E-state index in [1.165, 1.54) is 20.4 Å². The number of hydrogen-bond donors (Lipinski definition) is 0. The van der Waals surface area contributed by atoms with Gasteiger partial charge in [0.2, 0.25) is 5.75 Å². The third-order valence-corrected chi connectivity index (χ3v) is 2.40. The van der Waals surface area contributed by atoms with Crippen LogP contribution in [-0.4, -0.2) is 24.1 Å². The molecule has 0 unspecified atom stereocenters. The van der Waals surface area contributed by atoms with Gasteiger partial charge >= 0.3 is 5.69 Å². The molecule has 2 rings (SSSR count). The van der Waals surface area contributed by atoms with Crippen LogP contribution in [0.3, 0.4) is 0 Å². The Balaban J connectivity index is 2.90. The van der Waals surface area contributed by atoms with Crippen molar-refractivity contribution < 1.29 is 14.4 Å². The van der Waals surface area contributed by atoms with Crippen LogP contribution in [0.4, 0.5) is 5.69 Å². The van der Waals surface area contributed by atoms with Gasteiger partial charge in [0.15, 0.2) is 11.3 Å². The van der Waals surface area contributed by atoms with Crippen molar-refractivity contribution >= 4 is 16.6 Å². The van der Waals surface area contributed by atoms with Crippen LogP contribution in [0.25, 0.3) is 10.9 Å². The molecule has 0 spiro atoms. The number of pyridine rings is 1. The van der Waals surface area contributed by atoms with Crippen LogP contribution in [-0.2, 0) is 0 Å². The van der Waals surface area contributed by atoms with Crippen molar-refractivity contribution in [2.45, 2.75) is 0 Å².